The Hall–Kier alpha value is -3.35. The molecule has 0 atom stereocenters. The van der Waals surface area contributed by atoms with E-state index in [0.29, 0.717) is 37.6 Å². The van der Waals surface area contributed by atoms with E-state index in [4.69, 9.17) is 14.0 Å². The van der Waals surface area contributed by atoms with Crippen molar-refractivity contribution in [2.24, 2.45) is 0 Å². The molecule has 1 saturated heterocycles. The Balaban J connectivity index is 1.13. The average molecular weight is 405 g/mol. The summed E-state index contributed by atoms with van der Waals surface area (Å²) in [4.78, 5) is 19.2. The van der Waals surface area contributed by atoms with Crippen molar-refractivity contribution in [3.05, 3.63) is 60.0 Å². The first-order valence-corrected chi connectivity index (χ1v) is 10.3. The molecule has 0 aliphatic carbocycles. The summed E-state index contributed by atoms with van der Waals surface area (Å²) in [6, 6.07) is 15.7. The van der Waals surface area contributed by atoms with E-state index in [0.717, 1.165) is 35.5 Å². The zero-order chi connectivity index (χ0) is 20.3. The molecule has 0 spiro atoms. The highest BCUT2D eigenvalue weighted by molar-refractivity contribution is 5.76. The highest BCUT2D eigenvalue weighted by Gasteiger charge is 2.27. The van der Waals surface area contributed by atoms with E-state index in [-0.39, 0.29) is 18.6 Å². The van der Waals surface area contributed by atoms with E-state index in [1.165, 1.54) is 0 Å². The van der Waals surface area contributed by atoms with Crippen molar-refractivity contribution in [1.82, 2.24) is 15.0 Å². The SMILES string of the molecule is O=C(CCc1ccc2c(c1)OCO2)N1CCC(c2nc(-c3ccccc3)no2)CC1. The van der Waals surface area contributed by atoms with E-state index >= 15 is 0 Å². The molecule has 0 unspecified atom stereocenters. The third-order valence-corrected chi connectivity index (χ3v) is 5.74. The largest absolute Gasteiger partial charge is 0.454 e. The number of ether oxygens (including phenoxy) is 2. The first-order valence-electron chi connectivity index (χ1n) is 10.3. The standard InChI is InChI=1S/C23H23N3O4/c27-21(9-7-16-6-8-19-20(14-16)29-15-28-19)26-12-10-18(11-13-26)23-24-22(25-30-23)17-4-2-1-3-5-17/h1-6,8,14,18H,7,9-13,15H2. The van der Waals surface area contributed by atoms with Crippen LogP contribution in [-0.4, -0.2) is 40.8 Å². The van der Waals surface area contributed by atoms with E-state index < -0.39 is 0 Å². The number of aryl methyl sites for hydroxylation is 1. The number of nitrogens with zero attached hydrogens (tertiary/aromatic N) is 3. The van der Waals surface area contributed by atoms with Crippen LogP contribution in [0.4, 0.5) is 0 Å². The van der Waals surface area contributed by atoms with Crippen LogP contribution in [0.15, 0.2) is 53.1 Å². The first kappa shape index (κ1) is 18.7. The van der Waals surface area contributed by atoms with Gasteiger partial charge in [-0.15, -0.1) is 0 Å². The zero-order valence-electron chi connectivity index (χ0n) is 16.6. The number of fused-ring (bicyclic) bond motifs is 1. The number of piperidine rings is 1. The fourth-order valence-corrected chi connectivity index (χ4v) is 3.99. The van der Waals surface area contributed by atoms with Crippen molar-refractivity contribution in [2.75, 3.05) is 19.9 Å². The summed E-state index contributed by atoms with van der Waals surface area (Å²) in [7, 11) is 0. The van der Waals surface area contributed by atoms with Crippen LogP contribution in [0.3, 0.4) is 0 Å². The van der Waals surface area contributed by atoms with Crippen LogP contribution in [-0.2, 0) is 11.2 Å². The van der Waals surface area contributed by atoms with Crippen molar-refractivity contribution >= 4 is 5.91 Å². The minimum absolute atomic E-state index is 0.182. The third-order valence-electron chi connectivity index (χ3n) is 5.74. The zero-order valence-corrected chi connectivity index (χ0v) is 16.6. The molecule has 2 aliphatic rings. The molecule has 1 aromatic heterocycles. The first-order chi connectivity index (χ1) is 14.8. The molecule has 7 nitrogen and oxygen atoms in total. The second kappa shape index (κ2) is 8.18. The molecule has 0 bridgehead atoms. The van der Waals surface area contributed by atoms with E-state index in [1.54, 1.807) is 0 Å². The monoisotopic (exact) mass is 405 g/mol. The number of carbonyl (C=O) groups is 1. The van der Waals surface area contributed by atoms with Crippen molar-refractivity contribution < 1.29 is 18.8 Å². The quantitative estimate of drug-likeness (QED) is 0.642. The summed E-state index contributed by atoms with van der Waals surface area (Å²) in [6.45, 7) is 1.70. The summed E-state index contributed by atoms with van der Waals surface area (Å²) in [5.41, 5.74) is 2.03. The Labute approximate surface area is 174 Å². The van der Waals surface area contributed by atoms with Gasteiger partial charge in [-0.3, -0.25) is 4.79 Å². The number of aromatic nitrogens is 2. The molecule has 0 saturated carbocycles. The third kappa shape index (κ3) is 3.87. The number of rotatable bonds is 5. The predicted molar refractivity (Wildman–Crippen MR) is 109 cm³/mol. The number of hydrogen-bond acceptors (Lipinski definition) is 6. The van der Waals surface area contributed by atoms with Crippen LogP contribution in [0.25, 0.3) is 11.4 Å². The fraction of sp³-hybridized carbons (Fsp3) is 0.348. The smallest absolute Gasteiger partial charge is 0.231 e. The summed E-state index contributed by atoms with van der Waals surface area (Å²) in [6.07, 6.45) is 2.86. The fourth-order valence-electron chi connectivity index (χ4n) is 3.99. The molecule has 1 amide bonds. The van der Waals surface area contributed by atoms with E-state index in [9.17, 15) is 4.79 Å². The van der Waals surface area contributed by atoms with Gasteiger partial charge in [0, 0.05) is 31.0 Å². The summed E-state index contributed by atoms with van der Waals surface area (Å²) in [5, 5.41) is 4.12. The minimum atomic E-state index is 0.182. The number of benzene rings is 2. The maximum atomic E-state index is 12.7. The second-order valence-corrected chi connectivity index (χ2v) is 7.66. The molecule has 30 heavy (non-hydrogen) atoms. The molecular weight excluding hydrogens is 382 g/mol. The van der Waals surface area contributed by atoms with E-state index in [1.807, 2.05) is 53.4 Å². The lowest BCUT2D eigenvalue weighted by Crippen LogP contribution is -2.38. The topological polar surface area (TPSA) is 77.7 Å². The summed E-state index contributed by atoms with van der Waals surface area (Å²) >= 11 is 0. The van der Waals surface area contributed by atoms with Gasteiger partial charge < -0.3 is 18.9 Å². The lowest BCUT2D eigenvalue weighted by molar-refractivity contribution is -0.132. The van der Waals surface area contributed by atoms with Crippen LogP contribution in [0.5, 0.6) is 11.5 Å². The molecule has 5 rings (SSSR count). The number of likely N-dealkylation sites (tertiary alicyclic amines) is 1. The van der Waals surface area contributed by atoms with Gasteiger partial charge in [-0.2, -0.15) is 4.98 Å². The number of hydrogen-bond donors (Lipinski definition) is 0. The molecule has 3 aromatic rings. The van der Waals surface area contributed by atoms with Gasteiger partial charge in [-0.1, -0.05) is 41.6 Å². The molecule has 1 fully saturated rings. The van der Waals surface area contributed by atoms with Crippen LogP contribution in [0.2, 0.25) is 0 Å². The van der Waals surface area contributed by atoms with Crippen LogP contribution >= 0.6 is 0 Å². The number of amides is 1. The minimum Gasteiger partial charge on any atom is -0.454 e. The molecule has 2 aromatic carbocycles. The Kier molecular flexibility index (Phi) is 5.09. The van der Waals surface area contributed by atoms with Crippen molar-refractivity contribution in [3.8, 4) is 22.9 Å². The maximum Gasteiger partial charge on any atom is 0.231 e. The van der Waals surface area contributed by atoms with Gasteiger partial charge in [0.2, 0.25) is 24.4 Å². The Bertz CT molecular complexity index is 1030. The number of carbonyl (C=O) groups excluding carboxylic acids is 1. The van der Waals surface area contributed by atoms with Gasteiger partial charge in [-0.25, -0.2) is 0 Å². The highest BCUT2D eigenvalue weighted by atomic mass is 16.7. The van der Waals surface area contributed by atoms with Gasteiger partial charge >= 0.3 is 0 Å². The van der Waals surface area contributed by atoms with Gasteiger partial charge in [-0.05, 0) is 37.0 Å². The van der Waals surface area contributed by atoms with Crippen molar-refractivity contribution in [3.63, 3.8) is 0 Å². The lowest BCUT2D eigenvalue weighted by atomic mass is 9.96. The van der Waals surface area contributed by atoms with Gasteiger partial charge in [0.1, 0.15) is 0 Å². The molecule has 154 valence electrons. The predicted octanol–water partition coefficient (Wildman–Crippen LogP) is 3.80. The lowest BCUT2D eigenvalue weighted by Gasteiger charge is -2.30. The van der Waals surface area contributed by atoms with Gasteiger partial charge in [0.15, 0.2) is 11.5 Å². The molecule has 0 radical (unpaired) electrons. The summed E-state index contributed by atoms with van der Waals surface area (Å²) < 4.78 is 16.3. The van der Waals surface area contributed by atoms with Gasteiger partial charge in [0.25, 0.3) is 0 Å². The average Bonchev–Trinajstić information content (AvgIpc) is 3.48. The van der Waals surface area contributed by atoms with Crippen LogP contribution in [0, 0.1) is 0 Å². The normalized spacial score (nSPS) is 16.1. The molecule has 0 N–H and O–H groups in total. The Morgan fingerprint density at radius 3 is 2.67 bits per heavy atom. The van der Waals surface area contributed by atoms with Crippen molar-refractivity contribution in [2.45, 2.75) is 31.6 Å². The molecule has 2 aliphatic heterocycles. The maximum absolute atomic E-state index is 12.7. The Morgan fingerprint density at radius 1 is 1.03 bits per heavy atom. The highest BCUT2D eigenvalue weighted by Crippen LogP contribution is 2.33. The second-order valence-electron chi connectivity index (χ2n) is 7.66. The van der Waals surface area contributed by atoms with Crippen LogP contribution in [0.1, 0.15) is 36.6 Å². The Morgan fingerprint density at radius 2 is 1.83 bits per heavy atom. The van der Waals surface area contributed by atoms with Gasteiger partial charge in [0.05, 0.1) is 0 Å². The van der Waals surface area contributed by atoms with Crippen LogP contribution < -0.4 is 9.47 Å². The van der Waals surface area contributed by atoms with E-state index in [2.05, 4.69) is 10.1 Å². The van der Waals surface area contributed by atoms with Crippen molar-refractivity contribution in [1.29, 1.82) is 0 Å². The molecule has 3 heterocycles. The molecule has 7 heteroatoms. The molecular formula is C23H23N3O4. The summed E-state index contributed by atoms with van der Waals surface area (Å²) in [5.74, 6) is 3.20.